The predicted octanol–water partition coefficient (Wildman–Crippen LogP) is 5.36. The first-order valence-electron chi connectivity index (χ1n) is 12.3. The summed E-state index contributed by atoms with van der Waals surface area (Å²) in [5.41, 5.74) is 2.55. The maximum Gasteiger partial charge on any atom is 0.445 e. The van der Waals surface area contributed by atoms with Crippen LogP contribution < -0.4 is 10.7 Å². The van der Waals surface area contributed by atoms with Crippen LogP contribution in [0.25, 0.3) is 27.8 Å². The second kappa shape index (κ2) is 9.93. The predicted molar refractivity (Wildman–Crippen MR) is 144 cm³/mol. The third-order valence-electron chi connectivity index (χ3n) is 6.80. The summed E-state index contributed by atoms with van der Waals surface area (Å²) in [7, 11) is 0. The second-order valence-corrected chi connectivity index (χ2v) is 10.4. The molecule has 5 aromatic rings. The minimum Gasteiger partial charge on any atom is -0.481 e. The van der Waals surface area contributed by atoms with Gasteiger partial charge in [0, 0.05) is 18.1 Å². The molecule has 1 fully saturated rings. The van der Waals surface area contributed by atoms with E-state index < -0.39 is 33.6 Å². The lowest BCUT2D eigenvalue weighted by molar-refractivity contribution is -0.139. The number of pyridine rings is 2. The topological polar surface area (TPSA) is 127 Å². The molecule has 0 radical (unpaired) electrons. The molecule has 2 unspecified atom stereocenters. The lowest BCUT2D eigenvalue weighted by Gasteiger charge is -2.14. The van der Waals surface area contributed by atoms with E-state index in [4.69, 9.17) is 0 Å². The van der Waals surface area contributed by atoms with Gasteiger partial charge in [0.25, 0.3) is 5.91 Å². The van der Waals surface area contributed by atoms with Crippen LogP contribution in [0.1, 0.15) is 33.3 Å². The zero-order valence-electron chi connectivity index (χ0n) is 20.8. The first-order chi connectivity index (χ1) is 19.6. The third kappa shape index (κ3) is 5.07. The third-order valence-corrected chi connectivity index (χ3v) is 7.68. The molecule has 6 rings (SSSR count). The van der Waals surface area contributed by atoms with Crippen LogP contribution in [0, 0.1) is 5.92 Å². The van der Waals surface area contributed by atoms with Crippen molar-refractivity contribution in [1.29, 1.82) is 0 Å². The van der Waals surface area contributed by atoms with Gasteiger partial charge < -0.3 is 9.67 Å². The maximum absolute atomic E-state index is 13.2. The van der Waals surface area contributed by atoms with Gasteiger partial charge in [-0.1, -0.05) is 47.7 Å². The van der Waals surface area contributed by atoms with Gasteiger partial charge in [-0.05, 0) is 53.3 Å². The number of fused-ring (bicyclic) bond motifs is 1. The highest BCUT2D eigenvalue weighted by Crippen LogP contribution is 2.47. The van der Waals surface area contributed by atoms with Crippen LogP contribution in [0.4, 0.5) is 18.3 Å². The van der Waals surface area contributed by atoms with Crippen molar-refractivity contribution in [1.82, 2.24) is 19.7 Å². The summed E-state index contributed by atoms with van der Waals surface area (Å²) in [5.74, 6) is -2.08. The second-order valence-electron chi connectivity index (χ2n) is 9.44. The van der Waals surface area contributed by atoms with E-state index in [-0.39, 0.29) is 39.8 Å². The minimum absolute atomic E-state index is 0.0104. The number of aromatic nitrogens is 4. The number of carbonyl (C=O) groups excluding carboxylic acids is 1. The van der Waals surface area contributed by atoms with Crippen molar-refractivity contribution in [2.45, 2.75) is 18.5 Å². The number of carboxylic acid groups (broad SMARTS) is 1. The quantitative estimate of drug-likeness (QED) is 0.278. The molecule has 206 valence electrons. The lowest BCUT2D eigenvalue weighted by atomic mass is 10.0. The van der Waals surface area contributed by atoms with Crippen molar-refractivity contribution >= 4 is 39.4 Å². The Hall–Kier alpha value is -4.91. The van der Waals surface area contributed by atoms with Crippen molar-refractivity contribution < 1.29 is 27.9 Å². The molecule has 2 N–H and O–H groups in total. The number of nitrogens with one attached hydrogen (secondary N) is 1. The summed E-state index contributed by atoms with van der Waals surface area (Å²) in [4.78, 5) is 41.8. The highest BCUT2D eigenvalue weighted by Gasteiger charge is 2.44. The van der Waals surface area contributed by atoms with Gasteiger partial charge in [0.05, 0.1) is 11.3 Å². The zero-order chi connectivity index (χ0) is 28.9. The highest BCUT2D eigenvalue weighted by atomic mass is 32.1. The summed E-state index contributed by atoms with van der Waals surface area (Å²) in [5, 5.41) is 16.4. The Morgan fingerprint density at radius 1 is 1.02 bits per heavy atom. The van der Waals surface area contributed by atoms with Crippen molar-refractivity contribution in [3.8, 4) is 16.8 Å². The Kier molecular flexibility index (Phi) is 6.37. The Balaban J connectivity index is 1.35. The maximum atomic E-state index is 13.2. The van der Waals surface area contributed by atoms with E-state index in [1.807, 2.05) is 36.4 Å². The number of carboxylic acids is 1. The van der Waals surface area contributed by atoms with E-state index in [1.165, 1.54) is 18.5 Å². The van der Waals surface area contributed by atoms with Crippen LogP contribution >= 0.6 is 11.3 Å². The van der Waals surface area contributed by atoms with Crippen LogP contribution in [0.5, 0.6) is 0 Å². The van der Waals surface area contributed by atoms with Crippen molar-refractivity contribution in [3.63, 3.8) is 0 Å². The number of nitrogens with zero attached hydrogens (tertiary/aromatic N) is 4. The van der Waals surface area contributed by atoms with Gasteiger partial charge in [0.1, 0.15) is 11.2 Å². The molecule has 3 aromatic heterocycles. The van der Waals surface area contributed by atoms with Crippen molar-refractivity contribution in [2.75, 3.05) is 5.32 Å². The fraction of sp³-hybridized carbons (Fsp3) is 0.143. The lowest BCUT2D eigenvalue weighted by Crippen LogP contribution is -2.24. The van der Waals surface area contributed by atoms with Gasteiger partial charge in [-0.25, -0.2) is 4.98 Å². The minimum atomic E-state index is -4.72. The molecule has 3 heterocycles. The summed E-state index contributed by atoms with van der Waals surface area (Å²) in [6, 6.07) is 18.0. The number of hydrogen-bond donors (Lipinski definition) is 2. The highest BCUT2D eigenvalue weighted by molar-refractivity contribution is 7.15. The zero-order valence-corrected chi connectivity index (χ0v) is 21.6. The van der Waals surface area contributed by atoms with E-state index in [9.17, 15) is 32.7 Å². The van der Waals surface area contributed by atoms with Crippen LogP contribution in [0.3, 0.4) is 0 Å². The molecule has 1 saturated carbocycles. The number of benzene rings is 2. The number of hydrogen-bond acceptors (Lipinski definition) is 7. The first kappa shape index (κ1) is 26.3. The van der Waals surface area contributed by atoms with Gasteiger partial charge in [0.15, 0.2) is 0 Å². The molecule has 1 aliphatic carbocycles. The number of amides is 1. The summed E-state index contributed by atoms with van der Waals surface area (Å²) in [6.07, 6.45) is -1.30. The molecule has 0 bridgehead atoms. The monoisotopic (exact) mass is 577 g/mol. The molecule has 9 nitrogen and oxygen atoms in total. The van der Waals surface area contributed by atoms with Gasteiger partial charge in [0.2, 0.25) is 15.6 Å². The Morgan fingerprint density at radius 2 is 1.80 bits per heavy atom. The molecule has 1 aliphatic rings. The molecular weight excluding hydrogens is 559 g/mol. The first-order valence-corrected chi connectivity index (χ1v) is 13.1. The fourth-order valence-corrected chi connectivity index (χ4v) is 5.27. The van der Waals surface area contributed by atoms with Crippen LogP contribution in [0.2, 0.25) is 0 Å². The van der Waals surface area contributed by atoms with Gasteiger partial charge >= 0.3 is 12.1 Å². The number of halogens is 3. The van der Waals surface area contributed by atoms with Crippen molar-refractivity contribution in [2.24, 2.45) is 5.92 Å². The molecule has 0 aliphatic heterocycles. The van der Waals surface area contributed by atoms with Gasteiger partial charge in [-0.2, -0.15) is 13.2 Å². The molecule has 2 aromatic carbocycles. The van der Waals surface area contributed by atoms with E-state index in [0.717, 1.165) is 16.7 Å². The van der Waals surface area contributed by atoms with Crippen molar-refractivity contribution in [3.05, 3.63) is 99.4 Å². The molecule has 41 heavy (non-hydrogen) atoms. The normalized spacial score (nSPS) is 16.5. The van der Waals surface area contributed by atoms with Crippen LogP contribution in [-0.2, 0) is 11.0 Å². The number of rotatable bonds is 6. The molecule has 1 amide bonds. The van der Waals surface area contributed by atoms with E-state index in [1.54, 1.807) is 22.8 Å². The number of carbonyl (C=O) groups is 2. The number of aliphatic carboxylic acids is 1. The smallest absolute Gasteiger partial charge is 0.445 e. The standard InChI is InChI=1S/C28H18F3N5O4S/c29-28(30,31)26-34-35-27(41-26)33-24(38)21-13-36(23-18(22(21)37)5-2-10-32-23)17-4-1-3-16(11-17)14-6-8-15(9-7-14)19-12-20(19)25(39)40/h1-11,13,19-20H,12H2,(H,39,40)(H,33,35,38). The average molecular weight is 578 g/mol. The molecular formula is C28H18F3N5O4S. The van der Waals surface area contributed by atoms with Crippen LogP contribution in [-0.4, -0.2) is 36.7 Å². The summed E-state index contributed by atoms with van der Waals surface area (Å²) in [6.45, 7) is 0. The Bertz CT molecular complexity index is 1880. The van der Waals surface area contributed by atoms with E-state index in [2.05, 4.69) is 20.5 Å². The summed E-state index contributed by atoms with van der Waals surface area (Å²) < 4.78 is 40.3. The SMILES string of the molecule is O=C(Nc1nnc(C(F)(F)F)s1)c1cn(-c2cccc(-c3ccc(C4CC4C(=O)O)cc3)c2)c2ncccc2c1=O. The fourth-order valence-electron chi connectivity index (χ4n) is 4.67. The summed E-state index contributed by atoms with van der Waals surface area (Å²) >= 11 is 0.151. The van der Waals surface area contributed by atoms with E-state index in [0.29, 0.717) is 12.1 Å². The number of alkyl halides is 3. The number of anilines is 1. The molecule has 0 spiro atoms. The Morgan fingerprint density at radius 3 is 2.49 bits per heavy atom. The van der Waals surface area contributed by atoms with Gasteiger partial charge in [-0.3, -0.25) is 19.7 Å². The molecule has 0 saturated heterocycles. The molecule has 2 atom stereocenters. The van der Waals surface area contributed by atoms with Gasteiger partial charge in [-0.15, -0.1) is 10.2 Å². The van der Waals surface area contributed by atoms with E-state index >= 15 is 0 Å². The largest absolute Gasteiger partial charge is 0.481 e. The average Bonchev–Trinajstić information content (AvgIpc) is 3.63. The Labute approximate surface area is 232 Å². The van der Waals surface area contributed by atoms with Crippen LogP contribution in [0.15, 0.2) is 77.9 Å². The molecule has 13 heteroatoms.